The van der Waals surface area contributed by atoms with E-state index in [1.807, 2.05) is 6.92 Å². The number of likely N-dealkylation sites (tertiary alicyclic amines) is 2. The van der Waals surface area contributed by atoms with Gasteiger partial charge in [0.2, 0.25) is 11.8 Å². The maximum absolute atomic E-state index is 12.0. The van der Waals surface area contributed by atoms with Crippen LogP contribution in [0.2, 0.25) is 0 Å². The Morgan fingerprint density at radius 1 is 1.39 bits per heavy atom. The van der Waals surface area contributed by atoms with E-state index in [9.17, 15) is 9.59 Å². The van der Waals surface area contributed by atoms with Crippen LogP contribution < -0.4 is 0 Å². The molecule has 0 bridgehead atoms. The minimum Gasteiger partial charge on any atom is -0.341 e. The van der Waals surface area contributed by atoms with E-state index in [1.165, 1.54) is 0 Å². The first-order valence-electron chi connectivity index (χ1n) is 6.51. The fourth-order valence-corrected chi connectivity index (χ4v) is 2.50. The summed E-state index contributed by atoms with van der Waals surface area (Å²) in [5.74, 6) is 0.104. The predicted octanol–water partition coefficient (Wildman–Crippen LogP) is 0.761. The topological polar surface area (TPSA) is 64.4 Å². The van der Waals surface area contributed by atoms with Gasteiger partial charge < -0.3 is 9.80 Å². The van der Waals surface area contributed by atoms with Gasteiger partial charge in [-0.1, -0.05) is 0 Å². The van der Waals surface area contributed by atoms with E-state index in [-0.39, 0.29) is 23.8 Å². The van der Waals surface area contributed by atoms with Crippen LogP contribution in [0.15, 0.2) is 0 Å². The van der Waals surface area contributed by atoms with Gasteiger partial charge in [-0.2, -0.15) is 5.26 Å². The molecule has 0 aromatic carbocycles. The lowest BCUT2D eigenvalue weighted by Crippen LogP contribution is -2.46. The second kappa shape index (κ2) is 4.97. The Labute approximate surface area is 107 Å². The SMILES string of the molecule is CC1(C#N)CCN(C(=O)CN2CCCC2=O)CC1. The average Bonchev–Trinajstić information content (AvgIpc) is 2.76. The maximum Gasteiger partial charge on any atom is 0.242 e. The van der Waals surface area contributed by atoms with Crippen molar-refractivity contribution < 1.29 is 9.59 Å². The first kappa shape index (κ1) is 12.9. The van der Waals surface area contributed by atoms with E-state index < -0.39 is 0 Å². The molecule has 18 heavy (non-hydrogen) atoms. The predicted molar refractivity (Wildman–Crippen MR) is 65.3 cm³/mol. The Hall–Kier alpha value is -1.57. The van der Waals surface area contributed by atoms with Crippen LogP contribution in [0.1, 0.15) is 32.6 Å². The zero-order chi connectivity index (χ0) is 13.2. The van der Waals surface area contributed by atoms with Crippen molar-refractivity contribution in [1.29, 1.82) is 5.26 Å². The van der Waals surface area contributed by atoms with E-state index in [0.29, 0.717) is 26.1 Å². The summed E-state index contributed by atoms with van der Waals surface area (Å²) in [5.41, 5.74) is -0.291. The van der Waals surface area contributed by atoms with E-state index in [2.05, 4.69) is 6.07 Å². The van der Waals surface area contributed by atoms with Crippen LogP contribution in [0.5, 0.6) is 0 Å². The number of amides is 2. The summed E-state index contributed by atoms with van der Waals surface area (Å²) in [4.78, 5) is 26.9. The number of piperidine rings is 1. The van der Waals surface area contributed by atoms with Crippen molar-refractivity contribution in [3.05, 3.63) is 0 Å². The molecule has 0 radical (unpaired) electrons. The van der Waals surface area contributed by atoms with Gasteiger partial charge in [0.05, 0.1) is 18.0 Å². The Kier molecular flexibility index (Phi) is 3.55. The third-order valence-corrected chi connectivity index (χ3v) is 3.99. The molecule has 98 valence electrons. The third kappa shape index (κ3) is 2.63. The molecule has 0 N–H and O–H groups in total. The molecule has 0 spiro atoms. The van der Waals surface area contributed by atoms with Gasteiger partial charge in [-0.05, 0) is 26.2 Å². The van der Waals surface area contributed by atoms with E-state index >= 15 is 0 Å². The molecular weight excluding hydrogens is 230 g/mol. The zero-order valence-corrected chi connectivity index (χ0v) is 10.8. The van der Waals surface area contributed by atoms with Crippen LogP contribution in [0.4, 0.5) is 0 Å². The van der Waals surface area contributed by atoms with Crippen LogP contribution in [0.25, 0.3) is 0 Å². The largest absolute Gasteiger partial charge is 0.341 e. The first-order chi connectivity index (χ1) is 8.54. The summed E-state index contributed by atoms with van der Waals surface area (Å²) >= 11 is 0. The smallest absolute Gasteiger partial charge is 0.242 e. The van der Waals surface area contributed by atoms with Gasteiger partial charge in [0.1, 0.15) is 0 Å². The summed E-state index contributed by atoms with van der Waals surface area (Å²) in [7, 11) is 0. The van der Waals surface area contributed by atoms with Gasteiger partial charge in [-0.25, -0.2) is 0 Å². The summed E-state index contributed by atoms with van der Waals surface area (Å²) in [5, 5.41) is 9.03. The molecule has 0 unspecified atom stereocenters. The standard InChI is InChI=1S/C13H19N3O2/c1-13(10-14)4-7-15(8-5-13)12(18)9-16-6-2-3-11(16)17/h2-9H2,1H3. The minimum atomic E-state index is -0.291. The first-order valence-corrected chi connectivity index (χ1v) is 6.51. The summed E-state index contributed by atoms with van der Waals surface area (Å²) < 4.78 is 0. The molecule has 2 saturated heterocycles. The summed E-state index contributed by atoms with van der Waals surface area (Å²) in [6.07, 6.45) is 2.88. The Morgan fingerprint density at radius 2 is 2.06 bits per heavy atom. The lowest BCUT2D eigenvalue weighted by atomic mass is 9.82. The van der Waals surface area contributed by atoms with Crippen molar-refractivity contribution in [2.45, 2.75) is 32.6 Å². The molecule has 5 heteroatoms. The fraction of sp³-hybridized carbons (Fsp3) is 0.769. The Bertz CT molecular complexity index is 392. The van der Waals surface area contributed by atoms with Crippen LogP contribution >= 0.6 is 0 Å². The van der Waals surface area contributed by atoms with Gasteiger partial charge in [0.15, 0.2) is 0 Å². The van der Waals surface area contributed by atoms with Gasteiger partial charge in [-0.3, -0.25) is 9.59 Å². The van der Waals surface area contributed by atoms with Crippen molar-refractivity contribution in [1.82, 2.24) is 9.80 Å². The highest BCUT2D eigenvalue weighted by atomic mass is 16.2. The van der Waals surface area contributed by atoms with Crippen LogP contribution in [-0.4, -0.2) is 47.8 Å². The van der Waals surface area contributed by atoms with Gasteiger partial charge in [0, 0.05) is 26.1 Å². The van der Waals surface area contributed by atoms with E-state index in [1.54, 1.807) is 9.80 Å². The monoisotopic (exact) mass is 249 g/mol. The summed E-state index contributed by atoms with van der Waals surface area (Å²) in [6.45, 7) is 4.12. The Morgan fingerprint density at radius 3 is 2.56 bits per heavy atom. The normalized spacial score (nSPS) is 23.0. The van der Waals surface area contributed by atoms with Crippen LogP contribution in [0, 0.1) is 16.7 Å². The number of nitriles is 1. The molecule has 0 aliphatic carbocycles. The van der Waals surface area contributed by atoms with Crippen molar-refractivity contribution >= 4 is 11.8 Å². The zero-order valence-electron chi connectivity index (χ0n) is 10.8. The highest BCUT2D eigenvalue weighted by molar-refractivity contribution is 5.85. The van der Waals surface area contributed by atoms with E-state index in [4.69, 9.17) is 5.26 Å². The number of hydrogen-bond donors (Lipinski definition) is 0. The molecular formula is C13H19N3O2. The molecule has 5 nitrogen and oxygen atoms in total. The molecule has 2 aliphatic rings. The molecule has 2 heterocycles. The maximum atomic E-state index is 12.0. The second-order valence-electron chi connectivity index (χ2n) is 5.47. The van der Waals surface area contributed by atoms with Gasteiger partial charge >= 0.3 is 0 Å². The Balaban J connectivity index is 1.85. The van der Waals surface area contributed by atoms with Crippen LogP contribution in [0.3, 0.4) is 0 Å². The molecule has 0 atom stereocenters. The number of hydrogen-bond acceptors (Lipinski definition) is 3. The molecule has 2 amide bonds. The van der Waals surface area contributed by atoms with Crippen LogP contribution in [-0.2, 0) is 9.59 Å². The average molecular weight is 249 g/mol. The van der Waals surface area contributed by atoms with Crippen molar-refractivity contribution in [3.63, 3.8) is 0 Å². The van der Waals surface area contributed by atoms with Crippen molar-refractivity contribution in [2.24, 2.45) is 5.41 Å². The van der Waals surface area contributed by atoms with Gasteiger partial charge in [0.25, 0.3) is 0 Å². The second-order valence-corrected chi connectivity index (χ2v) is 5.47. The number of rotatable bonds is 2. The van der Waals surface area contributed by atoms with Gasteiger partial charge in [-0.15, -0.1) is 0 Å². The quantitative estimate of drug-likeness (QED) is 0.725. The minimum absolute atomic E-state index is 0.0187. The molecule has 0 saturated carbocycles. The molecule has 0 aromatic rings. The fourth-order valence-electron chi connectivity index (χ4n) is 2.50. The molecule has 2 aliphatic heterocycles. The van der Waals surface area contributed by atoms with Crippen molar-refractivity contribution in [2.75, 3.05) is 26.2 Å². The number of carbonyl (C=O) groups excluding carboxylic acids is 2. The molecule has 2 fully saturated rings. The highest BCUT2D eigenvalue weighted by Gasteiger charge is 2.33. The van der Waals surface area contributed by atoms with Crippen molar-refractivity contribution in [3.8, 4) is 6.07 Å². The highest BCUT2D eigenvalue weighted by Crippen LogP contribution is 2.29. The summed E-state index contributed by atoms with van der Waals surface area (Å²) in [6, 6.07) is 2.32. The lowest BCUT2D eigenvalue weighted by molar-refractivity contribution is -0.139. The third-order valence-electron chi connectivity index (χ3n) is 3.99. The molecule has 2 rings (SSSR count). The lowest BCUT2D eigenvalue weighted by Gasteiger charge is -2.35. The van der Waals surface area contributed by atoms with E-state index in [0.717, 1.165) is 19.3 Å². The number of carbonyl (C=O) groups is 2. The number of nitrogens with zero attached hydrogens (tertiary/aromatic N) is 3. The molecule has 0 aromatic heterocycles.